The highest BCUT2D eigenvalue weighted by Crippen LogP contribution is 2.32. The van der Waals surface area contributed by atoms with E-state index in [-0.39, 0.29) is 12.4 Å². The molecule has 25 heavy (non-hydrogen) atoms. The summed E-state index contributed by atoms with van der Waals surface area (Å²) in [5.41, 5.74) is 7.21. The van der Waals surface area contributed by atoms with Crippen LogP contribution in [0.3, 0.4) is 0 Å². The summed E-state index contributed by atoms with van der Waals surface area (Å²) in [6, 6.07) is 11.7. The highest BCUT2D eigenvalue weighted by atomic mass is 35.5. The Balaban J connectivity index is 0.00000182. The molecule has 1 aromatic carbocycles. The molecule has 2 aliphatic rings. The van der Waals surface area contributed by atoms with Crippen molar-refractivity contribution in [3.05, 3.63) is 47.0 Å². The Kier molecular flexibility index (Phi) is 6.34. The van der Waals surface area contributed by atoms with E-state index in [1.807, 2.05) is 6.20 Å². The second kappa shape index (κ2) is 8.49. The Bertz CT molecular complexity index is 662. The van der Waals surface area contributed by atoms with Gasteiger partial charge in [-0.25, -0.2) is 4.98 Å². The normalized spacial score (nSPS) is 24.5. The van der Waals surface area contributed by atoms with Gasteiger partial charge in [0.1, 0.15) is 0 Å². The molecular weight excluding hydrogens is 352 g/mol. The fraction of sp³-hybridized carbons (Fsp3) is 0.526. The number of anilines is 1. The summed E-state index contributed by atoms with van der Waals surface area (Å²) in [6.07, 6.45) is 5.92. The van der Waals surface area contributed by atoms with E-state index in [1.54, 1.807) is 11.3 Å². The number of aromatic nitrogens is 1. The molecule has 0 radical (unpaired) electrons. The first-order valence-corrected chi connectivity index (χ1v) is 9.80. The van der Waals surface area contributed by atoms with Gasteiger partial charge >= 0.3 is 0 Å². The van der Waals surface area contributed by atoms with Crippen molar-refractivity contribution in [1.82, 2.24) is 14.8 Å². The largest absolute Gasteiger partial charge is 0.375 e. The maximum atomic E-state index is 5.76. The van der Waals surface area contributed by atoms with Crippen molar-refractivity contribution in [3.63, 3.8) is 0 Å². The van der Waals surface area contributed by atoms with Crippen LogP contribution in [0.4, 0.5) is 5.13 Å². The van der Waals surface area contributed by atoms with Crippen LogP contribution >= 0.6 is 23.7 Å². The number of likely N-dealkylation sites (tertiary alicyclic amines) is 2. The van der Waals surface area contributed by atoms with Gasteiger partial charge in [-0.2, -0.15) is 0 Å². The van der Waals surface area contributed by atoms with Gasteiger partial charge in [-0.15, -0.1) is 23.7 Å². The molecule has 0 saturated carbocycles. The van der Waals surface area contributed by atoms with Gasteiger partial charge in [0.15, 0.2) is 5.13 Å². The minimum atomic E-state index is 0. The first kappa shape index (κ1) is 18.6. The average Bonchev–Trinajstić information content (AvgIpc) is 3.01. The summed E-state index contributed by atoms with van der Waals surface area (Å²) in [6.45, 7) is 5.77. The molecule has 2 atom stereocenters. The van der Waals surface area contributed by atoms with Crippen LogP contribution in [0.2, 0.25) is 0 Å². The first-order valence-electron chi connectivity index (χ1n) is 8.98. The highest BCUT2D eigenvalue weighted by Gasteiger charge is 2.35. The summed E-state index contributed by atoms with van der Waals surface area (Å²) in [4.78, 5) is 10.8. The van der Waals surface area contributed by atoms with Gasteiger partial charge < -0.3 is 5.73 Å². The van der Waals surface area contributed by atoms with Crippen molar-refractivity contribution in [2.45, 2.75) is 38.4 Å². The van der Waals surface area contributed by atoms with E-state index in [9.17, 15) is 0 Å². The van der Waals surface area contributed by atoms with Crippen LogP contribution in [0.1, 0.15) is 29.7 Å². The molecule has 2 aliphatic heterocycles. The standard InChI is InChI=1S/C19H26N4S.ClH/c20-19-21-11-17(24-19)14-22-10-8-18-16(13-22)7-4-9-23(18)12-15-5-2-1-3-6-15;/h1-3,5-6,11,16,18H,4,7-10,12-14H2,(H2,20,21);1H. The second-order valence-electron chi connectivity index (χ2n) is 7.11. The maximum absolute atomic E-state index is 5.76. The topological polar surface area (TPSA) is 45.4 Å². The minimum Gasteiger partial charge on any atom is -0.375 e. The molecule has 2 aromatic rings. The van der Waals surface area contributed by atoms with Gasteiger partial charge in [-0.1, -0.05) is 30.3 Å². The Labute approximate surface area is 160 Å². The van der Waals surface area contributed by atoms with E-state index in [0.717, 1.165) is 25.0 Å². The Hall–Kier alpha value is -1.14. The lowest BCUT2D eigenvalue weighted by Gasteiger charge is -2.47. The monoisotopic (exact) mass is 378 g/mol. The quantitative estimate of drug-likeness (QED) is 0.882. The molecule has 6 heteroatoms. The predicted octanol–water partition coefficient (Wildman–Crippen LogP) is 3.63. The zero-order valence-corrected chi connectivity index (χ0v) is 16.1. The van der Waals surface area contributed by atoms with Crippen molar-refractivity contribution in [1.29, 1.82) is 0 Å². The lowest BCUT2D eigenvalue weighted by Crippen LogP contribution is -2.53. The van der Waals surface area contributed by atoms with E-state index in [2.05, 4.69) is 45.1 Å². The number of rotatable bonds is 4. The van der Waals surface area contributed by atoms with Crippen molar-refractivity contribution >= 4 is 28.9 Å². The van der Waals surface area contributed by atoms with Crippen LogP contribution in [0.25, 0.3) is 0 Å². The third-order valence-electron chi connectivity index (χ3n) is 5.45. The molecule has 0 aliphatic carbocycles. The molecule has 2 saturated heterocycles. The fourth-order valence-corrected chi connectivity index (χ4v) is 5.08. The lowest BCUT2D eigenvalue weighted by atomic mass is 9.83. The number of hydrogen-bond donors (Lipinski definition) is 1. The summed E-state index contributed by atoms with van der Waals surface area (Å²) >= 11 is 1.63. The number of hydrogen-bond acceptors (Lipinski definition) is 5. The van der Waals surface area contributed by atoms with Crippen molar-refractivity contribution in [3.8, 4) is 0 Å². The highest BCUT2D eigenvalue weighted by molar-refractivity contribution is 7.15. The lowest BCUT2D eigenvalue weighted by molar-refractivity contribution is 0.0159. The molecule has 0 bridgehead atoms. The number of piperidine rings is 2. The van der Waals surface area contributed by atoms with Crippen molar-refractivity contribution in [2.24, 2.45) is 5.92 Å². The number of halogens is 1. The van der Waals surface area contributed by atoms with E-state index >= 15 is 0 Å². The molecule has 2 fully saturated rings. The van der Waals surface area contributed by atoms with Gasteiger partial charge in [0.2, 0.25) is 0 Å². The molecule has 4 rings (SSSR count). The Morgan fingerprint density at radius 2 is 1.96 bits per heavy atom. The third kappa shape index (κ3) is 4.53. The van der Waals surface area contributed by atoms with Gasteiger partial charge in [0.05, 0.1) is 0 Å². The first-order chi connectivity index (χ1) is 11.8. The number of nitrogens with two attached hydrogens (primary N) is 1. The molecular formula is C19H27ClN4S. The molecule has 2 unspecified atom stereocenters. The Morgan fingerprint density at radius 3 is 2.72 bits per heavy atom. The minimum absolute atomic E-state index is 0. The van der Waals surface area contributed by atoms with Gasteiger partial charge in [0, 0.05) is 43.3 Å². The molecule has 2 N–H and O–H groups in total. The summed E-state index contributed by atoms with van der Waals surface area (Å²) < 4.78 is 0. The van der Waals surface area contributed by atoms with Crippen LogP contribution < -0.4 is 5.73 Å². The molecule has 3 heterocycles. The summed E-state index contributed by atoms with van der Waals surface area (Å²) in [7, 11) is 0. The predicted molar refractivity (Wildman–Crippen MR) is 107 cm³/mol. The zero-order chi connectivity index (χ0) is 16.4. The van der Waals surface area contributed by atoms with Crippen molar-refractivity contribution in [2.75, 3.05) is 25.4 Å². The Morgan fingerprint density at radius 1 is 1.12 bits per heavy atom. The SMILES string of the molecule is Cl.Nc1ncc(CN2CCC3C(CCCN3Cc3ccccc3)C2)s1. The molecule has 0 spiro atoms. The number of nitrogen functional groups attached to an aromatic ring is 1. The number of benzene rings is 1. The molecule has 1 aromatic heterocycles. The fourth-order valence-electron chi connectivity index (χ4n) is 4.36. The van der Waals surface area contributed by atoms with Crippen LogP contribution in [0.15, 0.2) is 36.5 Å². The number of fused-ring (bicyclic) bond motifs is 1. The smallest absolute Gasteiger partial charge is 0.180 e. The van der Waals surface area contributed by atoms with Gasteiger partial charge in [-0.3, -0.25) is 9.80 Å². The third-order valence-corrected chi connectivity index (χ3v) is 6.26. The van der Waals surface area contributed by atoms with E-state index in [4.69, 9.17) is 5.73 Å². The van der Waals surface area contributed by atoms with E-state index < -0.39 is 0 Å². The van der Waals surface area contributed by atoms with Crippen LogP contribution in [-0.4, -0.2) is 40.5 Å². The van der Waals surface area contributed by atoms with Crippen LogP contribution in [0, 0.1) is 5.92 Å². The summed E-state index contributed by atoms with van der Waals surface area (Å²) in [5, 5.41) is 0.687. The van der Waals surface area contributed by atoms with E-state index in [0.29, 0.717) is 5.13 Å². The molecule has 136 valence electrons. The van der Waals surface area contributed by atoms with Gasteiger partial charge in [-0.05, 0) is 37.3 Å². The van der Waals surface area contributed by atoms with E-state index in [1.165, 1.54) is 49.3 Å². The summed E-state index contributed by atoms with van der Waals surface area (Å²) in [5.74, 6) is 0.807. The number of nitrogens with zero attached hydrogens (tertiary/aromatic N) is 3. The van der Waals surface area contributed by atoms with Crippen LogP contribution in [-0.2, 0) is 13.1 Å². The van der Waals surface area contributed by atoms with Crippen molar-refractivity contribution < 1.29 is 0 Å². The second-order valence-corrected chi connectivity index (χ2v) is 8.26. The average molecular weight is 379 g/mol. The molecule has 0 amide bonds. The van der Waals surface area contributed by atoms with Crippen LogP contribution in [0.5, 0.6) is 0 Å². The number of thiazole rings is 1. The maximum Gasteiger partial charge on any atom is 0.180 e. The zero-order valence-electron chi connectivity index (χ0n) is 14.5. The van der Waals surface area contributed by atoms with Gasteiger partial charge in [0.25, 0.3) is 0 Å². The molecule has 4 nitrogen and oxygen atoms in total.